The molecule has 2 atom stereocenters. The first kappa shape index (κ1) is 91.7. The minimum Gasteiger partial charge on any atom is -0.726 e. The fraction of sp³-hybridized carbons (Fsp3) is 0.947. The second kappa shape index (κ2) is 77.2. The van der Waals surface area contributed by atoms with Crippen LogP contribution in [0.25, 0.3) is 0 Å². The van der Waals surface area contributed by atoms with E-state index in [4.69, 9.17) is 0 Å². The average molecular weight is 1300 g/mol. The first-order valence-corrected chi connectivity index (χ1v) is 41.2. The van der Waals surface area contributed by atoms with Crippen LogP contribution >= 0.6 is 0 Å². The fourth-order valence-electron chi connectivity index (χ4n) is 12.2. The molecule has 0 saturated heterocycles. The Morgan fingerprint density at radius 3 is 0.563 bits per heavy atom. The van der Waals surface area contributed by atoms with Gasteiger partial charge in [0.1, 0.15) is 0 Å². The van der Waals surface area contributed by atoms with E-state index in [1.165, 1.54) is 372 Å². The van der Waals surface area contributed by atoms with E-state index >= 15 is 0 Å². The van der Waals surface area contributed by atoms with E-state index in [-0.39, 0.29) is 62.8 Å². The number of unbranched alkanes of at least 4 members (excludes halogenated alkanes) is 58. The minimum atomic E-state index is -4.62. The van der Waals surface area contributed by atoms with Crippen LogP contribution in [0, 0.1) is 11.8 Å². The van der Waals surface area contributed by atoms with Crippen LogP contribution in [0.3, 0.4) is 0 Å². The maximum atomic E-state index is 11.0. The minimum absolute atomic E-state index is 0. The molecule has 0 heterocycles. The third-order valence-corrected chi connectivity index (χ3v) is 18.8. The molecule has 2 unspecified atom stereocenters. The Balaban J connectivity index is -0.00000160. The quantitative estimate of drug-likeness (QED) is 0.0193. The molecule has 0 amide bonds. The van der Waals surface area contributed by atoms with Crippen molar-refractivity contribution >= 4 is 58.5 Å². The van der Waals surface area contributed by atoms with E-state index in [1.807, 2.05) is 0 Å². The van der Waals surface area contributed by atoms with Gasteiger partial charge in [-0.15, -0.1) is 0 Å². The summed E-state index contributed by atoms with van der Waals surface area (Å²) in [6, 6.07) is 0. The topological polar surface area (TPSA) is 133 Å². The summed E-state index contributed by atoms with van der Waals surface area (Å²) in [5.41, 5.74) is 0. The first-order valence-electron chi connectivity index (χ1n) is 38.5. The van der Waals surface area contributed by atoms with Gasteiger partial charge in [-0.1, -0.05) is 424 Å². The molecular formula is C76H150CaO8S2. The van der Waals surface area contributed by atoms with Crippen LogP contribution in [0.5, 0.6) is 0 Å². The molecule has 0 aromatic carbocycles. The fourth-order valence-corrected chi connectivity index (χ4v) is 12.9. The van der Waals surface area contributed by atoms with E-state index in [2.05, 4.69) is 60.4 Å². The summed E-state index contributed by atoms with van der Waals surface area (Å²) in [4.78, 5) is 0. The smallest absolute Gasteiger partial charge is 0.726 e. The molecule has 0 radical (unpaired) electrons. The predicted octanol–water partition coefficient (Wildman–Crippen LogP) is 25.9. The number of hydrogen-bond donors (Lipinski definition) is 0. The van der Waals surface area contributed by atoms with Gasteiger partial charge in [-0.25, -0.2) is 16.8 Å². The van der Waals surface area contributed by atoms with Crippen LogP contribution in [-0.4, -0.2) is 76.9 Å². The maximum Gasteiger partial charge on any atom is 2.00 e. The molecule has 0 fully saturated rings. The van der Waals surface area contributed by atoms with Gasteiger partial charge in [-0.05, 0) is 38.5 Å². The summed E-state index contributed by atoms with van der Waals surface area (Å²) in [7, 11) is -9.25. The molecule has 0 aromatic heterocycles. The van der Waals surface area contributed by atoms with Gasteiger partial charge in [-0.3, -0.25) is 8.37 Å². The maximum absolute atomic E-state index is 11.0. The summed E-state index contributed by atoms with van der Waals surface area (Å²) < 4.78 is 75.1. The van der Waals surface area contributed by atoms with Gasteiger partial charge in [-0.2, -0.15) is 0 Å². The van der Waals surface area contributed by atoms with E-state index in [0.717, 1.165) is 38.5 Å². The number of hydrogen-bond acceptors (Lipinski definition) is 8. The predicted molar refractivity (Wildman–Crippen MR) is 380 cm³/mol. The van der Waals surface area contributed by atoms with Gasteiger partial charge in [0.2, 0.25) is 20.8 Å². The van der Waals surface area contributed by atoms with E-state index < -0.39 is 20.8 Å². The molecule has 11 heteroatoms. The van der Waals surface area contributed by atoms with Crippen LogP contribution in [0.15, 0.2) is 24.3 Å². The van der Waals surface area contributed by atoms with Crippen molar-refractivity contribution in [2.24, 2.45) is 11.8 Å². The second-order valence-corrected chi connectivity index (χ2v) is 28.8. The van der Waals surface area contributed by atoms with Crippen molar-refractivity contribution in [3.8, 4) is 0 Å². The van der Waals surface area contributed by atoms with Gasteiger partial charge in [0.05, 0.1) is 13.2 Å². The van der Waals surface area contributed by atoms with Crippen molar-refractivity contribution in [3.63, 3.8) is 0 Å². The summed E-state index contributed by atoms with van der Waals surface area (Å²) in [5, 5.41) is 0. The molecule has 8 nitrogen and oxygen atoms in total. The van der Waals surface area contributed by atoms with Crippen LogP contribution in [0.2, 0.25) is 0 Å². The molecule has 0 bridgehead atoms. The zero-order chi connectivity index (χ0) is 63.1. The van der Waals surface area contributed by atoms with E-state index in [1.54, 1.807) is 0 Å². The summed E-state index contributed by atoms with van der Waals surface area (Å²) in [6.45, 7) is 9.08. The Kier molecular flexibility index (Phi) is 81.3. The molecule has 0 rings (SSSR count). The van der Waals surface area contributed by atoms with Crippen molar-refractivity contribution in [3.05, 3.63) is 24.3 Å². The molecule has 0 aliphatic heterocycles. The van der Waals surface area contributed by atoms with Crippen molar-refractivity contribution in [2.45, 2.75) is 439 Å². The summed E-state index contributed by atoms with van der Waals surface area (Å²) in [5.74, 6) is 0.0316. The Morgan fingerprint density at radius 2 is 0.402 bits per heavy atom. The molecule has 0 aliphatic carbocycles. The summed E-state index contributed by atoms with van der Waals surface area (Å²) >= 11 is 0. The molecule has 516 valence electrons. The van der Waals surface area contributed by atoms with Gasteiger partial charge in [0.25, 0.3) is 0 Å². The third-order valence-electron chi connectivity index (χ3n) is 18.0. The van der Waals surface area contributed by atoms with Crippen molar-refractivity contribution in [2.75, 3.05) is 13.2 Å². The Labute approximate surface area is 576 Å². The molecule has 0 N–H and O–H groups in total. The number of allylic oxidation sites excluding steroid dienone is 2. The van der Waals surface area contributed by atoms with Crippen LogP contribution in [0.4, 0.5) is 0 Å². The molecule has 0 aromatic rings. The molecule has 0 saturated carbocycles. The average Bonchev–Trinajstić information content (AvgIpc) is 3.56. The summed E-state index contributed by atoms with van der Waals surface area (Å²) in [6.07, 6.45) is 93.5. The molecule has 87 heavy (non-hydrogen) atoms. The molecule has 0 aliphatic rings. The van der Waals surface area contributed by atoms with Gasteiger partial charge < -0.3 is 9.11 Å². The van der Waals surface area contributed by atoms with Crippen molar-refractivity contribution in [1.82, 2.24) is 0 Å². The van der Waals surface area contributed by atoms with Crippen molar-refractivity contribution in [1.29, 1.82) is 0 Å². The molecule has 0 spiro atoms. The Morgan fingerprint density at radius 1 is 0.253 bits per heavy atom. The zero-order valence-electron chi connectivity index (χ0n) is 58.9. The van der Waals surface area contributed by atoms with Crippen LogP contribution in [0.1, 0.15) is 439 Å². The Hall–Kier alpha value is 0.480. The third kappa shape index (κ3) is 86.5. The monoisotopic (exact) mass is 1300 g/mol. The SMILES string of the molecule is CCCCCCCCCCCCCCCCC/C=C/C(CCCCCCCCCCCCCCCCC)COS(=O)(=O)[O-].CCCCCCCCCCCCCCCCC/C=C/C(CCCCCCCCCCCCCCCCC)COS(=O)(=O)[O-].[Ca+2]. The molecular weight excluding hydrogens is 1150 g/mol. The van der Waals surface area contributed by atoms with Gasteiger partial charge >= 0.3 is 37.7 Å². The van der Waals surface area contributed by atoms with Gasteiger partial charge in [0.15, 0.2) is 0 Å². The number of rotatable bonds is 72. The Bertz CT molecular complexity index is 1440. The van der Waals surface area contributed by atoms with E-state index in [0.29, 0.717) is 0 Å². The zero-order valence-corrected chi connectivity index (χ0v) is 62.8. The normalized spacial score (nSPS) is 12.8. The van der Waals surface area contributed by atoms with Crippen LogP contribution in [-0.2, 0) is 29.2 Å². The second-order valence-electron chi connectivity index (χ2n) is 26.7. The van der Waals surface area contributed by atoms with E-state index in [9.17, 15) is 25.9 Å². The van der Waals surface area contributed by atoms with Crippen molar-refractivity contribution < 1.29 is 34.3 Å². The van der Waals surface area contributed by atoms with Crippen LogP contribution < -0.4 is 0 Å². The van der Waals surface area contributed by atoms with Gasteiger partial charge in [0, 0.05) is 11.8 Å². The first-order chi connectivity index (χ1) is 42.0. The standard InChI is InChI=1S/2C38H76O4S.Ca/c2*1-3-5-7-9-11-13-15-17-19-20-22-24-26-28-30-32-34-36-38(37-42-43(39,40)41)35-33-31-29-27-25-23-21-18-16-14-12-10-8-6-4-2;/h2*34,36,38H,3-33,35,37H2,1-2H3,(H,39,40,41);/q;;+2/p-2/b2*36-34+;. The largest absolute Gasteiger partial charge is 2.00 e.